The summed E-state index contributed by atoms with van der Waals surface area (Å²) in [4.78, 5) is 12.7. The molecular formula is C20H21NO6S. The molecule has 1 aliphatic heterocycles. The van der Waals surface area contributed by atoms with Gasteiger partial charge in [-0.25, -0.2) is 13.2 Å². The summed E-state index contributed by atoms with van der Waals surface area (Å²) in [6, 6.07) is 11.6. The average Bonchev–Trinajstić information content (AvgIpc) is 3.07. The van der Waals surface area contributed by atoms with E-state index in [1.54, 1.807) is 37.3 Å². The first-order chi connectivity index (χ1) is 13.3. The summed E-state index contributed by atoms with van der Waals surface area (Å²) < 4.78 is 42.4. The van der Waals surface area contributed by atoms with Gasteiger partial charge in [0.25, 0.3) is 0 Å². The summed E-state index contributed by atoms with van der Waals surface area (Å²) in [5.74, 6) is -0.395. The second-order valence-electron chi connectivity index (χ2n) is 7.02. The third-order valence-electron chi connectivity index (χ3n) is 5.25. The van der Waals surface area contributed by atoms with E-state index in [1.807, 2.05) is 6.92 Å². The van der Waals surface area contributed by atoms with Crippen molar-refractivity contribution in [2.24, 2.45) is 5.73 Å². The smallest absolute Gasteiger partial charge is 0.328 e. The van der Waals surface area contributed by atoms with E-state index in [9.17, 15) is 13.2 Å². The number of carbonyl (C=O) groups is 1. The molecule has 8 heteroatoms. The van der Waals surface area contributed by atoms with Gasteiger partial charge in [-0.3, -0.25) is 0 Å². The summed E-state index contributed by atoms with van der Waals surface area (Å²) in [7, 11) is -3.86. The largest absolute Gasteiger partial charge is 0.465 e. The highest BCUT2D eigenvalue weighted by Crippen LogP contribution is 2.57. The van der Waals surface area contributed by atoms with Crippen LogP contribution < -0.4 is 15.2 Å². The Kier molecular flexibility index (Phi) is 4.35. The normalized spacial score (nSPS) is 25.4. The molecule has 1 aliphatic carbocycles. The molecule has 148 valence electrons. The van der Waals surface area contributed by atoms with Gasteiger partial charge in [0.05, 0.1) is 11.5 Å². The number of carbonyl (C=O) groups excluding carboxylic acids is 1. The van der Waals surface area contributed by atoms with Crippen molar-refractivity contribution in [1.82, 2.24) is 0 Å². The number of sulfone groups is 1. The number of aryl methyl sites for hydroxylation is 1. The summed E-state index contributed by atoms with van der Waals surface area (Å²) in [6.07, 6.45) is 0. The Morgan fingerprint density at radius 3 is 2.54 bits per heavy atom. The highest BCUT2D eigenvalue weighted by Gasteiger charge is 2.74. The lowest BCUT2D eigenvalue weighted by Crippen LogP contribution is -2.41. The van der Waals surface area contributed by atoms with Crippen LogP contribution in [0.25, 0.3) is 0 Å². The molecule has 0 saturated heterocycles. The standard InChI is InChI=1S/C20H21NO6S/c1-3-25-19(22)20(21)17(13-6-9-15-16(10-13)27-11-26-15)18(20)28(23,24)14-7-4-12(2)5-8-14/h4-10,17-18H,3,11,21H2,1-2H3/t17-,18-,20+/m0/s1. The topological polar surface area (TPSA) is 105 Å². The fourth-order valence-corrected chi connectivity index (χ4v) is 5.97. The van der Waals surface area contributed by atoms with Crippen LogP contribution in [-0.2, 0) is 19.4 Å². The van der Waals surface area contributed by atoms with Gasteiger partial charge in [-0.15, -0.1) is 0 Å². The monoisotopic (exact) mass is 403 g/mol. The lowest BCUT2D eigenvalue weighted by Gasteiger charge is -2.11. The van der Waals surface area contributed by atoms with Crippen LogP contribution in [0.3, 0.4) is 0 Å². The minimum absolute atomic E-state index is 0.0974. The second kappa shape index (κ2) is 6.49. The van der Waals surface area contributed by atoms with Crippen molar-refractivity contribution in [3.8, 4) is 11.5 Å². The van der Waals surface area contributed by atoms with E-state index in [1.165, 1.54) is 12.1 Å². The third kappa shape index (κ3) is 2.75. The van der Waals surface area contributed by atoms with Crippen molar-refractivity contribution in [1.29, 1.82) is 0 Å². The zero-order chi connectivity index (χ0) is 20.1. The Bertz CT molecular complexity index is 1030. The van der Waals surface area contributed by atoms with Crippen molar-refractivity contribution in [3.05, 3.63) is 53.6 Å². The molecule has 28 heavy (non-hydrogen) atoms. The average molecular weight is 403 g/mol. The maximum atomic E-state index is 13.3. The maximum absolute atomic E-state index is 13.3. The lowest BCUT2D eigenvalue weighted by molar-refractivity contribution is -0.145. The van der Waals surface area contributed by atoms with Crippen LogP contribution in [0.2, 0.25) is 0 Å². The number of hydrogen-bond donors (Lipinski definition) is 1. The van der Waals surface area contributed by atoms with E-state index >= 15 is 0 Å². The van der Waals surface area contributed by atoms with Crippen molar-refractivity contribution in [2.75, 3.05) is 13.4 Å². The molecule has 2 N–H and O–H groups in total. The molecule has 0 radical (unpaired) electrons. The summed E-state index contributed by atoms with van der Waals surface area (Å²) in [6.45, 7) is 3.74. The van der Waals surface area contributed by atoms with Crippen molar-refractivity contribution < 1.29 is 27.4 Å². The van der Waals surface area contributed by atoms with Crippen LogP contribution in [-0.4, -0.2) is 38.6 Å². The Hall–Kier alpha value is -2.58. The molecule has 2 aromatic rings. The predicted molar refractivity (Wildman–Crippen MR) is 101 cm³/mol. The van der Waals surface area contributed by atoms with Gasteiger partial charge in [-0.1, -0.05) is 23.8 Å². The fraction of sp³-hybridized carbons (Fsp3) is 0.350. The molecule has 1 heterocycles. The van der Waals surface area contributed by atoms with Gasteiger partial charge in [0.1, 0.15) is 10.8 Å². The maximum Gasteiger partial charge on any atom is 0.328 e. The molecule has 2 aliphatic rings. The van der Waals surface area contributed by atoms with E-state index in [4.69, 9.17) is 19.9 Å². The van der Waals surface area contributed by atoms with E-state index < -0.39 is 32.5 Å². The minimum atomic E-state index is -3.86. The number of rotatable bonds is 5. The number of fused-ring (bicyclic) bond motifs is 1. The molecule has 0 amide bonds. The van der Waals surface area contributed by atoms with Crippen LogP contribution >= 0.6 is 0 Å². The van der Waals surface area contributed by atoms with Crippen LogP contribution in [0.4, 0.5) is 0 Å². The van der Waals surface area contributed by atoms with Crippen molar-refractivity contribution >= 4 is 15.8 Å². The highest BCUT2D eigenvalue weighted by molar-refractivity contribution is 7.92. The van der Waals surface area contributed by atoms with Gasteiger partial charge in [0.2, 0.25) is 6.79 Å². The molecule has 4 rings (SSSR count). The Morgan fingerprint density at radius 2 is 1.86 bits per heavy atom. The molecule has 1 fully saturated rings. The SMILES string of the molecule is CCOC(=O)[C@@]1(N)[C@@H](c2ccc3c(c2)OCO3)[C@@H]1S(=O)(=O)c1ccc(C)cc1. The molecule has 2 aromatic carbocycles. The van der Waals surface area contributed by atoms with Gasteiger partial charge in [0.15, 0.2) is 21.3 Å². The van der Waals surface area contributed by atoms with Crippen LogP contribution in [0.5, 0.6) is 11.5 Å². The van der Waals surface area contributed by atoms with Crippen molar-refractivity contribution in [2.45, 2.75) is 35.4 Å². The number of ether oxygens (including phenoxy) is 3. The van der Waals surface area contributed by atoms with Gasteiger partial charge in [0, 0.05) is 5.92 Å². The molecule has 0 spiro atoms. The predicted octanol–water partition coefficient (Wildman–Crippen LogP) is 1.92. The first-order valence-corrected chi connectivity index (χ1v) is 10.5. The number of esters is 1. The van der Waals surface area contributed by atoms with E-state index in [0.717, 1.165) is 5.56 Å². The van der Waals surface area contributed by atoms with Crippen molar-refractivity contribution in [3.63, 3.8) is 0 Å². The number of benzene rings is 2. The van der Waals surface area contributed by atoms with E-state index in [-0.39, 0.29) is 18.3 Å². The van der Waals surface area contributed by atoms with Crippen LogP contribution in [0.15, 0.2) is 47.4 Å². The van der Waals surface area contributed by atoms with Gasteiger partial charge in [-0.2, -0.15) is 0 Å². The molecule has 0 aromatic heterocycles. The Balaban J connectivity index is 1.77. The zero-order valence-corrected chi connectivity index (χ0v) is 16.4. The van der Waals surface area contributed by atoms with Gasteiger partial charge >= 0.3 is 5.97 Å². The fourth-order valence-electron chi connectivity index (χ4n) is 3.74. The molecular weight excluding hydrogens is 382 g/mol. The molecule has 3 atom stereocenters. The number of nitrogens with two attached hydrogens (primary N) is 1. The first kappa shape index (κ1) is 18.8. The zero-order valence-electron chi connectivity index (χ0n) is 15.5. The summed E-state index contributed by atoms with van der Waals surface area (Å²) in [5, 5.41) is -1.12. The van der Waals surface area contributed by atoms with E-state index in [0.29, 0.717) is 17.1 Å². The Labute approximate surface area is 163 Å². The first-order valence-electron chi connectivity index (χ1n) is 8.96. The lowest BCUT2D eigenvalue weighted by atomic mass is 10.1. The highest BCUT2D eigenvalue weighted by atomic mass is 32.2. The van der Waals surface area contributed by atoms with Crippen LogP contribution in [0.1, 0.15) is 24.0 Å². The van der Waals surface area contributed by atoms with Gasteiger partial charge < -0.3 is 19.9 Å². The molecule has 1 saturated carbocycles. The second-order valence-corrected chi connectivity index (χ2v) is 9.09. The molecule has 0 unspecified atom stereocenters. The third-order valence-corrected chi connectivity index (χ3v) is 7.51. The van der Waals surface area contributed by atoms with Gasteiger partial charge in [-0.05, 0) is 43.7 Å². The van der Waals surface area contributed by atoms with E-state index in [2.05, 4.69) is 0 Å². The minimum Gasteiger partial charge on any atom is -0.465 e. The Morgan fingerprint density at radius 1 is 1.18 bits per heavy atom. The van der Waals surface area contributed by atoms with Crippen LogP contribution in [0, 0.1) is 6.92 Å². The summed E-state index contributed by atoms with van der Waals surface area (Å²) in [5.41, 5.74) is 6.24. The summed E-state index contributed by atoms with van der Waals surface area (Å²) >= 11 is 0. The quantitative estimate of drug-likeness (QED) is 0.761. The molecule has 0 bridgehead atoms. The number of hydrogen-bond acceptors (Lipinski definition) is 7. The molecule has 7 nitrogen and oxygen atoms in total.